The molecule has 1 aromatic heterocycles. The molecule has 0 saturated heterocycles. The summed E-state index contributed by atoms with van der Waals surface area (Å²) in [6.07, 6.45) is 3.45. The summed E-state index contributed by atoms with van der Waals surface area (Å²) in [4.78, 5) is 12.6. The van der Waals surface area contributed by atoms with Crippen LogP contribution in [-0.2, 0) is 4.79 Å². The van der Waals surface area contributed by atoms with Gasteiger partial charge in [0, 0.05) is 28.3 Å². The molecule has 0 unspecified atom stereocenters. The minimum atomic E-state index is -0.435. The molecule has 0 aliphatic carbocycles. The summed E-state index contributed by atoms with van der Waals surface area (Å²) < 4.78 is 1.89. The monoisotopic (exact) mass is 375 g/mol. The third-order valence-corrected chi connectivity index (χ3v) is 4.65. The van der Waals surface area contributed by atoms with Crippen LogP contribution in [0.3, 0.4) is 0 Å². The predicted molar refractivity (Wildman–Crippen MR) is 109 cm³/mol. The first-order valence-corrected chi connectivity index (χ1v) is 8.80. The van der Waals surface area contributed by atoms with Gasteiger partial charge in [0.05, 0.1) is 0 Å². The highest BCUT2D eigenvalue weighted by molar-refractivity contribution is 6.30. The van der Waals surface area contributed by atoms with Gasteiger partial charge < -0.3 is 9.88 Å². The van der Waals surface area contributed by atoms with E-state index in [-0.39, 0.29) is 5.57 Å². The molecule has 0 saturated carbocycles. The second-order valence-corrected chi connectivity index (χ2v) is 6.59. The molecule has 0 aliphatic heterocycles. The van der Waals surface area contributed by atoms with Gasteiger partial charge in [-0.1, -0.05) is 23.7 Å². The second kappa shape index (κ2) is 7.94. The lowest BCUT2D eigenvalue weighted by Gasteiger charge is -2.10. The van der Waals surface area contributed by atoms with E-state index in [0.29, 0.717) is 10.7 Å². The topological polar surface area (TPSA) is 57.8 Å². The minimum Gasteiger partial charge on any atom is -0.321 e. The number of hydrogen-bond donors (Lipinski definition) is 1. The number of nitriles is 1. The third-order valence-electron chi connectivity index (χ3n) is 4.40. The van der Waals surface area contributed by atoms with E-state index in [1.807, 2.05) is 73.1 Å². The fourth-order valence-corrected chi connectivity index (χ4v) is 2.85. The van der Waals surface area contributed by atoms with Gasteiger partial charge in [0.25, 0.3) is 5.91 Å². The van der Waals surface area contributed by atoms with Gasteiger partial charge in [-0.3, -0.25) is 4.79 Å². The fraction of sp³-hybridized carbons (Fsp3) is 0.0909. The van der Waals surface area contributed by atoms with Crippen molar-refractivity contribution < 1.29 is 4.79 Å². The van der Waals surface area contributed by atoms with Crippen LogP contribution in [0.1, 0.15) is 16.8 Å². The van der Waals surface area contributed by atoms with Crippen molar-refractivity contribution in [2.24, 2.45) is 0 Å². The van der Waals surface area contributed by atoms with E-state index in [1.54, 1.807) is 18.2 Å². The highest BCUT2D eigenvalue weighted by Gasteiger charge is 2.13. The van der Waals surface area contributed by atoms with Crippen molar-refractivity contribution in [3.63, 3.8) is 0 Å². The molecule has 3 aromatic rings. The van der Waals surface area contributed by atoms with Crippen LogP contribution in [0, 0.1) is 25.2 Å². The summed E-state index contributed by atoms with van der Waals surface area (Å²) in [7, 11) is 0. The molecule has 5 heteroatoms. The summed E-state index contributed by atoms with van der Waals surface area (Å²) in [6.45, 7) is 3.91. The normalized spacial score (nSPS) is 11.1. The first kappa shape index (κ1) is 18.5. The number of carbonyl (C=O) groups excluding carboxylic acids is 1. The molecule has 1 amide bonds. The predicted octanol–water partition coefficient (Wildman–Crippen LogP) is 5.29. The maximum Gasteiger partial charge on any atom is 0.266 e. The van der Waals surface area contributed by atoms with E-state index in [9.17, 15) is 10.1 Å². The Kier molecular flexibility index (Phi) is 5.44. The van der Waals surface area contributed by atoms with Crippen LogP contribution in [0.2, 0.25) is 5.02 Å². The van der Waals surface area contributed by atoms with Crippen LogP contribution in [0.25, 0.3) is 11.8 Å². The SMILES string of the molecule is Cc1cccc(NC(=O)/C(C#N)=C\c2cccn2-c2ccc(Cl)cc2)c1C. The smallest absolute Gasteiger partial charge is 0.266 e. The average Bonchev–Trinajstić information content (AvgIpc) is 3.12. The van der Waals surface area contributed by atoms with E-state index in [1.165, 1.54) is 0 Å². The first-order valence-electron chi connectivity index (χ1n) is 8.42. The van der Waals surface area contributed by atoms with Crippen molar-refractivity contribution in [1.82, 2.24) is 4.57 Å². The largest absolute Gasteiger partial charge is 0.321 e. The highest BCUT2D eigenvalue weighted by atomic mass is 35.5. The van der Waals surface area contributed by atoms with Crippen molar-refractivity contribution in [2.45, 2.75) is 13.8 Å². The zero-order valence-corrected chi connectivity index (χ0v) is 15.8. The Labute approximate surface area is 163 Å². The number of nitrogens with one attached hydrogen (secondary N) is 1. The fourth-order valence-electron chi connectivity index (χ4n) is 2.72. The van der Waals surface area contributed by atoms with E-state index >= 15 is 0 Å². The van der Waals surface area contributed by atoms with Gasteiger partial charge in [0.15, 0.2) is 0 Å². The molecule has 2 aromatic carbocycles. The molecular formula is C22H18ClN3O. The first-order chi connectivity index (χ1) is 13.0. The summed E-state index contributed by atoms with van der Waals surface area (Å²) in [5, 5.41) is 13.0. The van der Waals surface area contributed by atoms with Gasteiger partial charge in [0.2, 0.25) is 0 Å². The van der Waals surface area contributed by atoms with Crippen LogP contribution in [-0.4, -0.2) is 10.5 Å². The van der Waals surface area contributed by atoms with Crippen LogP contribution in [0.4, 0.5) is 5.69 Å². The van der Waals surface area contributed by atoms with Crippen molar-refractivity contribution in [2.75, 3.05) is 5.32 Å². The zero-order chi connectivity index (χ0) is 19.4. The number of nitrogens with zero attached hydrogens (tertiary/aromatic N) is 2. The molecule has 0 atom stereocenters. The molecule has 1 N–H and O–H groups in total. The van der Waals surface area contributed by atoms with Crippen molar-refractivity contribution in [3.8, 4) is 11.8 Å². The molecule has 3 rings (SSSR count). The van der Waals surface area contributed by atoms with Crippen molar-refractivity contribution >= 4 is 29.3 Å². The highest BCUT2D eigenvalue weighted by Crippen LogP contribution is 2.21. The number of amides is 1. The Bertz CT molecular complexity index is 1060. The summed E-state index contributed by atoms with van der Waals surface area (Å²) in [6, 6.07) is 18.7. The van der Waals surface area contributed by atoms with Gasteiger partial charge >= 0.3 is 0 Å². The van der Waals surface area contributed by atoms with Gasteiger partial charge in [-0.2, -0.15) is 5.26 Å². The van der Waals surface area contributed by atoms with Crippen LogP contribution >= 0.6 is 11.6 Å². The number of carbonyl (C=O) groups is 1. The summed E-state index contributed by atoms with van der Waals surface area (Å²) in [5.74, 6) is -0.435. The van der Waals surface area contributed by atoms with Crippen LogP contribution in [0.15, 0.2) is 66.4 Å². The molecule has 1 heterocycles. The Morgan fingerprint density at radius 1 is 1.11 bits per heavy atom. The lowest BCUT2D eigenvalue weighted by molar-refractivity contribution is -0.112. The van der Waals surface area contributed by atoms with Crippen LogP contribution < -0.4 is 5.32 Å². The Balaban J connectivity index is 1.90. The Morgan fingerprint density at radius 2 is 1.85 bits per heavy atom. The maximum atomic E-state index is 12.6. The van der Waals surface area contributed by atoms with E-state index in [2.05, 4.69) is 5.32 Å². The number of benzene rings is 2. The minimum absolute atomic E-state index is 0.0322. The zero-order valence-electron chi connectivity index (χ0n) is 15.0. The molecule has 134 valence electrons. The van der Waals surface area contributed by atoms with E-state index in [0.717, 1.165) is 22.5 Å². The molecule has 0 fully saturated rings. The molecule has 0 bridgehead atoms. The van der Waals surface area contributed by atoms with Crippen LogP contribution in [0.5, 0.6) is 0 Å². The molecule has 0 radical (unpaired) electrons. The van der Waals surface area contributed by atoms with Gasteiger partial charge in [-0.25, -0.2) is 0 Å². The number of halogens is 1. The standard InChI is InChI=1S/C22H18ClN3O/c1-15-5-3-7-21(16(15)2)25-22(27)17(14-24)13-20-6-4-12-26(20)19-10-8-18(23)9-11-19/h3-13H,1-2H3,(H,25,27)/b17-13-. The third kappa shape index (κ3) is 4.11. The molecule has 4 nitrogen and oxygen atoms in total. The number of aromatic nitrogens is 1. The number of hydrogen-bond acceptors (Lipinski definition) is 2. The molecular weight excluding hydrogens is 358 g/mol. The number of anilines is 1. The summed E-state index contributed by atoms with van der Waals surface area (Å²) in [5.41, 5.74) is 4.41. The summed E-state index contributed by atoms with van der Waals surface area (Å²) >= 11 is 5.94. The Hall–Kier alpha value is -3.29. The molecule has 0 aliphatic rings. The molecule has 27 heavy (non-hydrogen) atoms. The van der Waals surface area contributed by atoms with Gasteiger partial charge in [-0.15, -0.1) is 0 Å². The van der Waals surface area contributed by atoms with Gasteiger partial charge in [0.1, 0.15) is 11.6 Å². The average molecular weight is 376 g/mol. The number of rotatable bonds is 4. The quantitative estimate of drug-likeness (QED) is 0.497. The maximum absolute atomic E-state index is 12.6. The van der Waals surface area contributed by atoms with E-state index < -0.39 is 5.91 Å². The lowest BCUT2D eigenvalue weighted by Crippen LogP contribution is -2.14. The van der Waals surface area contributed by atoms with Crippen molar-refractivity contribution in [3.05, 3.63) is 88.2 Å². The molecule has 0 spiro atoms. The van der Waals surface area contributed by atoms with E-state index in [4.69, 9.17) is 11.6 Å². The Morgan fingerprint density at radius 3 is 2.56 bits per heavy atom. The number of aryl methyl sites for hydroxylation is 1. The second-order valence-electron chi connectivity index (χ2n) is 6.15. The van der Waals surface area contributed by atoms with Gasteiger partial charge in [-0.05, 0) is 73.5 Å². The van der Waals surface area contributed by atoms with Crippen molar-refractivity contribution in [1.29, 1.82) is 5.26 Å². The lowest BCUT2D eigenvalue weighted by atomic mass is 10.1.